The summed E-state index contributed by atoms with van der Waals surface area (Å²) in [6.07, 6.45) is 39.0. The van der Waals surface area contributed by atoms with Crippen LogP contribution in [0.15, 0.2) is 11.0 Å². The van der Waals surface area contributed by atoms with E-state index < -0.39 is 0 Å². The molecule has 0 aliphatic heterocycles. The maximum Gasteiger partial charge on any atom is 0.305 e. The molecule has 0 aliphatic carbocycles. The second-order valence-electron chi connectivity index (χ2n) is 16.5. The Kier molecular flexibility index (Phi) is 31.6. The molecule has 0 unspecified atom stereocenters. The predicted octanol–water partition coefficient (Wildman–Crippen LogP) is 13.6. The van der Waals surface area contributed by atoms with Crippen molar-refractivity contribution in [1.29, 1.82) is 0 Å². The number of thiazole rings is 2. The predicted molar refractivity (Wildman–Crippen MR) is 238 cm³/mol. The molecule has 0 radical (unpaired) electrons. The number of carbonyl (C=O) groups excluding carboxylic acids is 2. The zero-order valence-electron chi connectivity index (χ0n) is 37.0. The van der Waals surface area contributed by atoms with Crippen LogP contribution >= 0.6 is 22.7 Å². The van der Waals surface area contributed by atoms with Gasteiger partial charge in [-0.05, 0) is 25.7 Å². The molecule has 0 aliphatic rings. The molecule has 0 saturated heterocycles. The highest BCUT2D eigenvalue weighted by atomic mass is 32.1. The maximum atomic E-state index is 12.3. The number of hydrogen-bond acceptors (Lipinski definition) is 6. The van der Waals surface area contributed by atoms with Crippen LogP contribution in [0.5, 0.6) is 0 Å². The number of aryl methyl sites for hydroxylation is 2. The first-order valence-corrected chi connectivity index (χ1v) is 25.5. The van der Waals surface area contributed by atoms with E-state index in [1.54, 1.807) is 22.7 Å². The number of carbonyl (C=O) groups is 2. The first kappa shape index (κ1) is 50.3. The summed E-state index contributed by atoms with van der Waals surface area (Å²) in [6.45, 7) is 12.1. The highest BCUT2D eigenvalue weighted by Crippen LogP contribution is 2.17. The number of ether oxygens (including phenoxy) is 2. The van der Waals surface area contributed by atoms with Gasteiger partial charge in [-0.25, -0.2) is 0 Å². The normalized spacial score (nSPS) is 11.4. The number of hydrogen-bond donors (Lipinski definition) is 0. The highest BCUT2D eigenvalue weighted by molar-refractivity contribution is 7.09. The third-order valence-electron chi connectivity index (χ3n) is 11.5. The van der Waals surface area contributed by atoms with Crippen molar-refractivity contribution in [3.05, 3.63) is 32.2 Å². The van der Waals surface area contributed by atoms with Gasteiger partial charge in [0.2, 0.25) is 11.0 Å². The lowest BCUT2D eigenvalue weighted by atomic mass is 10.1. The van der Waals surface area contributed by atoms with Crippen LogP contribution in [0.4, 0.5) is 0 Å². The molecular formula is C48H86N2O4S2+2. The fourth-order valence-electron chi connectivity index (χ4n) is 7.62. The minimum Gasteiger partial charge on any atom is -0.465 e. The van der Waals surface area contributed by atoms with E-state index in [2.05, 4.69) is 47.9 Å². The average Bonchev–Trinajstić information content (AvgIpc) is 3.73. The Morgan fingerprint density at radius 3 is 1.05 bits per heavy atom. The number of esters is 2. The summed E-state index contributed by atoms with van der Waals surface area (Å²) < 4.78 is 15.9. The molecular weight excluding hydrogens is 733 g/mol. The first-order valence-electron chi connectivity index (χ1n) is 23.7. The molecule has 2 aromatic heterocycles. The molecule has 0 N–H and O–H groups in total. The fourth-order valence-corrected chi connectivity index (χ4v) is 9.64. The number of nitrogens with zero attached hydrogens (tertiary/aromatic N) is 2. The topological polar surface area (TPSA) is 60.4 Å². The van der Waals surface area contributed by atoms with Crippen LogP contribution in [-0.4, -0.2) is 25.2 Å². The Bertz CT molecular complexity index is 1150. The molecule has 2 heterocycles. The quantitative estimate of drug-likeness (QED) is 0.0383. The van der Waals surface area contributed by atoms with Gasteiger partial charge in [0.05, 0.1) is 23.0 Å². The van der Waals surface area contributed by atoms with Crippen LogP contribution in [0.2, 0.25) is 0 Å². The van der Waals surface area contributed by atoms with E-state index in [4.69, 9.17) is 9.47 Å². The monoisotopic (exact) mass is 819 g/mol. The summed E-state index contributed by atoms with van der Waals surface area (Å²) in [5, 5.41) is 0. The summed E-state index contributed by atoms with van der Waals surface area (Å²) in [6, 6.07) is 0. The Morgan fingerprint density at radius 2 is 0.732 bits per heavy atom. The Hall–Kier alpha value is -1.80. The molecule has 2 rings (SSSR count). The summed E-state index contributed by atoms with van der Waals surface area (Å²) in [5.41, 5.74) is 7.12. The van der Waals surface area contributed by atoms with Crippen molar-refractivity contribution in [2.75, 3.05) is 13.2 Å². The third-order valence-corrected chi connectivity index (χ3v) is 13.8. The van der Waals surface area contributed by atoms with Gasteiger partial charge in [-0.1, -0.05) is 178 Å². The molecule has 0 saturated carbocycles. The Morgan fingerprint density at radius 1 is 0.446 bits per heavy atom. The van der Waals surface area contributed by atoms with Gasteiger partial charge in [0.1, 0.15) is 13.1 Å². The Labute approximate surface area is 353 Å². The van der Waals surface area contributed by atoms with Crippen LogP contribution in [-0.2, 0) is 45.0 Å². The molecule has 322 valence electrons. The zero-order chi connectivity index (χ0) is 40.3. The van der Waals surface area contributed by atoms with Gasteiger partial charge in [-0.3, -0.25) is 9.59 Å². The van der Waals surface area contributed by atoms with Crippen LogP contribution < -0.4 is 9.13 Å². The van der Waals surface area contributed by atoms with Gasteiger partial charge in [0.15, 0.2) is 11.4 Å². The van der Waals surface area contributed by atoms with Crippen LogP contribution in [0.3, 0.4) is 0 Å². The van der Waals surface area contributed by atoms with Crippen molar-refractivity contribution in [2.45, 2.75) is 246 Å². The average molecular weight is 819 g/mol. The minimum atomic E-state index is -0.109. The number of rotatable bonds is 39. The zero-order valence-corrected chi connectivity index (χ0v) is 38.6. The van der Waals surface area contributed by atoms with Gasteiger partial charge >= 0.3 is 11.9 Å². The van der Waals surface area contributed by atoms with Crippen molar-refractivity contribution in [3.8, 4) is 0 Å². The van der Waals surface area contributed by atoms with E-state index in [9.17, 15) is 9.59 Å². The molecule has 2 aromatic rings. The van der Waals surface area contributed by atoms with Gasteiger partial charge in [-0.15, -0.1) is 0 Å². The van der Waals surface area contributed by atoms with Crippen molar-refractivity contribution in [3.63, 3.8) is 0 Å². The van der Waals surface area contributed by atoms with Crippen molar-refractivity contribution in [1.82, 2.24) is 0 Å². The molecule has 6 nitrogen and oxygen atoms in total. The standard InChI is InChI=1S/C48H86N2O4S2/c1-5-7-9-11-13-15-17-19-21-23-27-31-37-49-41-55-45(43(49)3)35-39-53-47(51)33-29-25-26-30-34-48(52)54-40-36-46-44(4)50(42-56-46)38-32-28-24-22-20-18-16-14-12-10-8-6-2/h41-42H,5-40H2,1-4H3/q+2. The van der Waals surface area contributed by atoms with Crippen molar-refractivity contribution >= 4 is 34.6 Å². The summed E-state index contributed by atoms with van der Waals surface area (Å²) in [5.74, 6) is -0.218. The lowest BCUT2D eigenvalue weighted by molar-refractivity contribution is -0.698. The van der Waals surface area contributed by atoms with Gasteiger partial charge in [0.25, 0.3) is 0 Å². The van der Waals surface area contributed by atoms with Crippen LogP contribution in [0.1, 0.15) is 228 Å². The maximum absolute atomic E-state index is 12.3. The fraction of sp³-hybridized carbons (Fsp3) is 0.833. The molecule has 56 heavy (non-hydrogen) atoms. The van der Waals surface area contributed by atoms with Gasteiger partial charge in [-0.2, -0.15) is 9.13 Å². The SMILES string of the molecule is CCCCCCCCCCCCCC[n+]1csc(CCOC(=O)CCCCCCC(=O)OCCc2sc[n+](CCCCCCCCCCCCCC)c2C)c1C. The van der Waals surface area contributed by atoms with Crippen LogP contribution in [0.25, 0.3) is 0 Å². The van der Waals surface area contributed by atoms with E-state index in [1.165, 1.54) is 175 Å². The third kappa shape index (κ3) is 25.5. The Balaban J connectivity index is 1.40. The second-order valence-corrected chi connectivity index (χ2v) is 18.4. The van der Waals surface area contributed by atoms with E-state index in [0.717, 1.165) is 51.6 Å². The van der Waals surface area contributed by atoms with Crippen LogP contribution in [0, 0.1) is 13.8 Å². The molecule has 8 heteroatoms. The highest BCUT2D eigenvalue weighted by Gasteiger charge is 2.17. The summed E-state index contributed by atoms with van der Waals surface area (Å²) in [7, 11) is 0. The van der Waals surface area contributed by atoms with Gasteiger partial charge < -0.3 is 9.47 Å². The lowest BCUT2D eigenvalue weighted by Crippen LogP contribution is -2.34. The van der Waals surface area contributed by atoms with E-state index in [1.807, 2.05) is 0 Å². The van der Waals surface area contributed by atoms with E-state index in [-0.39, 0.29) is 11.9 Å². The molecule has 0 amide bonds. The van der Waals surface area contributed by atoms with E-state index in [0.29, 0.717) is 26.1 Å². The largest absolute Gasteiger partial charge is 0.465 e. The van der Waals surface area contributed by atoms with Gasteiger partial charge in [0, 0.05) is 52.4 Å². The first-order chi connectivity index (χ1) is 27.5. The second kappa shape index (κ2) is 35.2. The van der Waals surface area contributed by atoms with E-state index >= 15 is 0 Å². The molecule has 0 bridgehead atoms. The molecule has 0 atom stereocenters. The lowest BCUT2D eigenvalue weighted by Gasteiger charge is -2.05. The summed E-state index contributed by atoms with van der Waals surface area (Å²) >= 11 is 3.57. The number of unbranched alkanes of at least 4 members (excludes halogenated alkanes) is 25. The van der Waals surface area contributed by atoms with Crippen molar-refractivity contribution in [2.24, 2.45) is 0 Å². The molecule has 0 fully saturated rings. The number of aromatic nitrogens is 2. The summed E-state index contributed by atoms with van der Waals surface area (Å²) in [4.78, 5) is 27.3. The van der Waals surface area contributed by atoms with Crippen molar-refractivity contribution < 1.29 is 28.2 Å². The smallest absolute Gasteiger partial charge is 0.305 e. The molecule has 0 spiro atoms. The minimum absolute atomic E-state index is 0.109. The molecule has 0 aromatic carbocycles.